The van der Waals surface area contributed by atoms with Crippen molar-refractivity contribution in [1.82, 2.24) is 5.32 Å². The molecular weight excluding hydrogens is 406 g/mol. The quantitative estimate of drug-likeness (QED) is 0.552. The molecule has 0 aromatic heterocycles. The van der Waals surface area contributed by atoms with Crippen molar-refractivity contribution >= 4 is 12.1 Å². The Labute approximate surface area is 179 Å². The van der Waals surface area contributed by atoms with Crippen LogP contribution in [0.25, 0.3) is 0 Å². The number of carbonyl (C=O) groups is 2. The summed E-state index contributed by atoms with van der Waals surface area (Å²) in [4.78, 5) is 22.1. The summed E-state index contributed by atoms with van der Waals surface area (Å²) < 4.78 is 27.5. The molecule has 31 heavy (non-hydrogen) atoms. The fourth-order valence-electron chi connectivity index (χ4n) is 2.89. The number of amides is 1. The van der Waals surface area contributed by atoms with Crippen LogP contribution < -0.4 is 14.8 Å². The van der Waals surface area contributed by atoms with Crippen molar-refractivity contribution in [3.8, 4) is 11.5 Å². The van der Waals surface area contributed by atoms with Gasteiger partial charge >= 0.3 is 12.1 Å². The molecule has 3 rings (SSSR count). The molecule has 1 aliphatic heterocycles. The van der Waals surface area contributed by atoms with Gasteiger partial charge in [0, 0.05) is 24.8 Å². The van der Waals surface area contributed by atoms with Gasteiger partial charge in [-0.2, -0.15) is 0 Å². The minimum absolute atomic E-state index is 0.0139. The smallest absolute Gasteiger partial charge is 0.407 e. The first-order chi connectivity index (χ1) is 15.0. The lowest BCUT2D eigenvalue weighted by Crippen LogP contribution is -2.26. The van der Waals surface area contributed by atoms with E-state index in [2.05, 4.69) is 5.32 Å². The largest absolute Gasteiger partial charge is 0.491 e. The number of fused-ring (bicyclic) bond motifs is 1. The van der Waals surface area contributed by atoms with Crippen molar-refractivity contribution in [2.45, 2.75) is 25.9 Å². The van der Waals surface area contributed by atoms with E-state index < -0.39 is 18.4 Å². The minimum Gasteiger partial charge on any atom is -0.491 e. The predicted octanol–water partition coefficient (Wildman–Crippen LogP) is 3.02. The summed E-state index contributed by atoms with van der Waals surface area (Å²) >= 11 is 0. The van der Waals surface area contributed by atoms with Gasteiger partial charge < -0.3 is 34.1 Å². The second-order valence-corrected chi connectivity index (χ2v) is 6.76. The number of hydrogen-bond donors (Lipinski definition) is 2. The number of hydrogen-bond acceptors (Lipinski definition) is 7. The zero-order valence-corrected chi connectivity index (χ0v) is 17.2. The van der Waals surface area contributed by atoms with Gasteiger partial charge in [0.05, 0.1) is 19.6 Å². The zero-order valence-electron chi connectivity index (χ0n) is 17.2. The maximum atomic E-state index is 11.6. The molecule has 2 aromatic carbocycles. The van der Waals surface area contributed by atoms with Gasteiger partial charge in [-0.1, -0.05) is 18.2 Å². The van der Waals surface area contributed by atoms with E-state index >= 15 is 0 Å². The SMILES string of the molecule is COCCOc1cccc(C2OCc3cc(COC(=O)NCCC(=O)O)ccc3O2)c1. The van der Waals surface area contributed by atoms with Gasteiger partial charge in [0.25, 0.3) is 0 Å². The lowest BCUT2D eigenvalue weighted by Gasteiger charge is -2.27. The van der Waals surface area contributed by atoms with Crippen LogP contribution >= 0.6 is 0 Å². The van der Waals surface area contributed by atoms with Crippen LogP contribution in [0.4, 0.5) is 4.79 Å². The van der Waals surface area contributed by atoms with Crippen molar-refractivity contribution < 1.29 is 38.4 Å². The summed E-state index contributed by atoms with van der Waals surface area (Å²) in [7, 11) is 1.62. The van der Waals surface area contributed by atoms with Gasteiger partial charge in [-0.25, -0.2) is 4.79 Å². The Balaban J connectivity index is 1.54. The second-order valence-electron chi connectivity index (χ2n) is 6.76. The summed E-state index contributed by atoms with van der Waals surface area (Å²) in [6, 6.07) is 13.0. The maximum Gasteiger partial charge on any atom is 0.407 e. The van der Waals surface area contributed by atoms with E-state index in [0.29, 0.717) is 31.3 Å². The Morgan fingerprint density at radius 1 is 1.19 bits per heavy atom. The van der Waals surface area contributed by atoms with Gasteiger partial charge in [-0.15, -0.1) is 0 Å². The summed E-state index contributed by atoms with van der Waals surface area (Å²) in [6.07, 6.45) is -1.38. The molecule has 1 aliphatic rings. The van der Waals surface area contributed by atoms with Crippen LogP contribution in [0.15, 0.2) is 42.5 Å². The number of carboxylic acids is 1. The molecule has 0 radical (unpaired) electrons. The van der Waals surface area contributed by atoms with E-state index in [4.69, 9.17) is 28.8 Å². The number of alkyl carbamates (subject to hydrolysis) is 1. The summed E-state index contributed by atoms with van der Waals surface area (Å²) in [5.41, 5.74) is 2.45. The van der Waals surface area contributed by atoms with Crippen LogP contribution in [-0.4, -0.2) is 44.0 Å². The summed E-state index contributed by atoms with van der Waals surface area (Å²) in [6.45, 7) is 1.37. The highest BCUT2D eigenvalue weighted by molar-refractivity contribution is 5.70. The summed E-state index contributed by atoms with van der Waals surface area (Å²) in [5.74, 6) is 0.414. The maximum absolute atomic E-state index is 11.6. The van der Waals surface area contributed by atoms with Gasteiger partial charge in [0.2, 0.25) is 6.29 Å². The first kappa shape index (κ1) is 22.4. The average Bonchev–Trinajstić information content (AvgIpc) is 2.77. The van der Waals surface area contributed by atoms with Gasteiger partial charge in [0.1, 0.15) is 24.7 Å². The van der Waals surface area contributed by atoms with E-state index in [1.807, 2.05) is 36.4 Å². The molecule has 0 saturated heterocycles. The Morgan fingerprint density at radius 2 is 2.06 bits per heavy atom. The minimum atomic E-state index is -0.987. The standard InChI is InChI=1S/C22H25NO8/c1-27-9-10-28-18-4-2-3-16(12-18)21-29-14-17-11-15(5-6-19(17)31-21)13-30-22(26)23-8-7-20(24)25/h2-6,11-12,21H,7-10,13-14H2,1H3,(H,23,26)(H,24,25). The van der Waals surface area contributed by atoms with Crippen molar-refractivity contribution in [3.63, 3.8) is 0 Å². The van der Waals surface area contributed by atoms with Gasteiger partial charge in [-0.05, 0) is 29.8 Å². The van der Waals surface area contributed by atoms with Crippen LogP contribution in [0.3, 0.4) is 0 Å². The third-order valence-electron chi connectivity index (χ3n) is 4.41. The number of benzene rings is 2. The van der Waals surface area contributed by atoms with Crippen LogP contribution in [-0.2, 0) is 32.2 Å². The topological polar surface area (TPSA) is 113 Å². The molecule has 0 spiro atoms. The number of rotatable bonds is 10. The number of ether oxygens (including phenoxy) is 5. The van der Waals surface area contributed by atoms with Crippen molar-refractivity contribution in [3.05, 3.63) is 59.2 Å². The van der Waals surface area contributed by atoms with Crippen molar-refractivity contribution in [2.75, 3.05) is 26.9 Å². The second kappa shape index (κ2) is 11.2. The molecule has 1 atom stereocenters. The molecule has 9 nitrogen and oxygen atoms in total. The highest BCUT2D eigenvalue weighted by Crippen LogP contribution is 2.34. The lowest BCUT2D eigenvalue weighted by molar-refractivity contribution is -0.136. The number of methoxy groups -OCH3 is 1. The molecule has 0 aliphatic carbocycles. The van der Waals surface area contributed by atoms with Crippen LogP contribution in [0.5, 0.6) is 11.5 Å². The molecule has 1 amide bonds. The summed E-state index contributed by atoms with van der Waals surface area (Å²) in [5, 5.41) is 11.0. The number of nitrogens with one attached hydrogen (secondary N) is 1. The number of carboxylic acid groups (broad SMARTS) is 1. The zero-order chi connectivity index (χ0) is 22.1. The fraction of sp³-hybridized carbons (Fsp3) is 0.364. The Bertz CT molecular complexity index is 901. The highest BCUT2D eigenvalue weighted by atomic mass is 16.7. The van der Waals surface area contributed by atoms with Crippen molar-refractivity contribution in [2.24, 2.45) is 0 Å². The molecule has 1 heterocycles. The van der Waals surface area contributed by atoms with Crippen molar-refractivity contribution in [1.29, 1.82) is 0 Å². The number of carbonyl (C=O) groups excluding carboxylic acids is 1. The monoisotopic (exact) mass is 431 g/mol. The first-order valence-corrected chi connectivity index (χ1v) is 9.79. The third-order valence-corrected chi connectivity index (χ3v) is 4.41. The van der Waals surface area contributed by atoms with E-state index in [1.54, 1.807) is 13.2 Å². The molecule has 0 fully saturated rings. The van der Waals surface area contributed by atoms with Gasteiger partial charge in [0.15, 0.2) is 0 Å². The van der Waals surface area contributed by atoms with Gasteiger partial charge in [-0.3, -0.25) is 4.79 Å². The molecule has 0 saturated carbocycles. The van der Waals surface area contributed by atoms with Crippen LogP contribution in [0.2, 0.25) is 0 Å². The molecule has 9 heteroatoms. The van der Waals surface area contributed by atoms with E-state index in [1.165, 1.54) is 0 Å². The van der Waals surface area contributed by atoms with E-state index in [0.717, 1.165) is 16.7 Å². The van der Waals surface area contributed by atoms with E-state index in [9.17, 15) is 9.59 Å². The molecular formula is C22H25NO8. The fourth-order valence-corrected chi connectivity index (χ4v) is 2.89. The third kappa shape index (κ3) is 6.87. The predicted molar refractivity (Wildman–Crippen MR) is 109 cm³/mol. The average molecular weight is 431 g/mol. The number of aliphatic carboxylic acids is 1. The lowest BCUT2D eigenvalue weighted by atomic mass is 10.1. The van der Waals surface area contributed by atoms with Crippen LogP contribution in [0.1, 0.15) is 29.4 Å². The van der Waals surface area contributed by atoms with Crippen LogP contribution in [0, 0.1) is 0 Å². The highest BCUT2D eigenvalue weighted by Gasteiger charge is 2.22. The molecule has 2 aromatic rings. The molecule has 1 unspecified atom stereocenters. The molecule has 2 N–H and O–H groups in total. The molecule has 166 valence electrons. The molecule has 0 bridgehead atoms. The first-order valence-electron chi connectivity index (χ1n) is 9.79. The normalized spacial score (nSPS) is 14.8. The Kier molecular flexibility index (Phi) is 8.08. The Hall–Kier alpha value is -3.30. The Morgan fingerprint density at radius 3 is 2.87 bits per heavy atom. The van der Waals surface area contributed by atoms with E-state index in [-0.39, 0.29) is 19.6 Å².